The summed E-state index contributed by atoms with van der Waals surface area (Å²) in [7, 11) is 0. The summed E-state index contributed by atoms with van der Waals surface area (Å²) in [6.07, 6.45) is 7.65. The number of rotatable bonds is 8. The van der Waals surface area contributed by atoms with Crippen LogP contribution in [0.3, 0.4) is 0 Å². The predicted octanol–water partition coefficient (Wildman–Crippen LogP) is 5.17. The van der Waals surface area contributed by atoms with Crippen LogP contribution in [-0.2, 0) is 6.54 Å². The zero-order valence-corrected chi connectivity index (χ0v) is 15.5. The molecule has 0 aliphatic rings. The van der Waals surface area contributed by atoms with Crippen LogP contribution in [0.1, 0.15) is 36.7 Å². The molecule has 0 bridgehead atoms. The molecule has 3 rings (SSSR count). The lowest BCUT2D eigenvalue weighted by Crippen LogP contribution is -2.03. The highest BCUT2D eigenvalue weighted by Gasteiger charge is 2.09. The zero-order valence-electron chi connectivity index (χ0n) is 15.5. The van der Waals surface area contributed by atoms with Crippen LogP contribution >= 0.6 is 0 Å². The molecule has 0 saturated heterocycles. The van der Waals surface area contributed by atoms with Crippen LogP contribution in [0.15, 0.2) is 67.0 Å². The molecule has 0 radical (unpaired) electrons. The Labute approximate surface area is 160 Å². The van der Waals surface area contributed by atoms with Crippen LogP contribution in [0.2, 0.25) is 0 Å². The molecule has 0 fully saturated rings. The first-order chi connectivity index (χ1) is 13.3. The molecule has 0 aliphatic heterocycles. The number of aromatic nitrogens is 2. The maximum atomic E-state index is 9.65. The second-order valence-electron chi connectivity index (χ2n) is 6.31. The van der Waals surface area contributed by atoms with Gasteiger partial charge < -0.3 is 9.30 Å². The summed E-state index contributed by atoms with van der Waals surface area (Å²) < 4.78 is 7.68. The molecule has 3 aromatic rings. The molecule has 4 nitrogen and oxygen atoms in total. The first-order valence-corrected chi connectivity index (χ1v) is 9.20. The highest BCUT2D eigenvalue weighted by molar-refractivity contribution is 5.87. The topological polar surface area (TPSA) is 50.8 Å². The van der Waals surface area contributed by atoms with Crippen molar-refractivity contribution >= 4 is 11.6 Å². The quantitative estimate of drug-likeness (QED) is 0.412. The first-order valence-electron chi connectivity index (χ1n) is 9.20. The Morgan fingerprint density at radius 2 is 1.93 bits per heavy atom. The van der Waals surface area contributed by atoms with E-state index in [0.717, 1.165) is 30.8 Å². The van der Waals surface area contributed by atoms with Crippen molar-refractivity contribution in [3.05, 3.63) is 83.9 Å². The third-order valence-corrected chi connectivity index (χ3v) is 4.23. The van der Waals surface area contributed by atoms with E-state index in [2.05, 4.69) is 30.1 Å². The summed E-state index contributed by atoms with van der Waals surface area (Å²) in [6, 6.07) is 20.2. The lowest BCUT2D eigenvalue weighted by Gasteiger charge is -2.08. The molecule has 0 atom stereocenters. The Morgan fingerprint density at radius 3 is 2.63 bits per heavy atom. The molecular formula is C23H23N3O. The van der Waals surface area contributed by atoms with Crippen molar-refractivity contribution in [3.8, 4) is 11.8 Å². The van der Waals surface area contributed by atoms with Gasteiger partial charge in [0.05, 0.1) is 12.2 Å². The molecule has 0 spiro atoms. The summed E-state index contributed by atoms with van der Waals surface area (Å²) >= 11 is 0. The van der Waals surface area contributed by atoms with Crippen molar-refractivity contribution in [2.75, 3.05) is 6.61 Å². The number of ether oxygens (including phenoxy) is 1. The molecule has 0 amide bonds. The second-order valence-corrected chi connectivity index (χ2v) is 6.31. The summed E-state index contributed by atoms with van der Waals surface area (Å²) in [4.78, 5) is 4.39. The summed E-state index contributed by atoms with van der Waals surface area (Å²) in [6.45, 7) is 3.55. The molecular weight excluding hydrogens is 334 g/mol. The highest BCUT2D eigenvalue weighted by Crippen LogP contribution is 2.20. The molecule has 1 heterocycles. The Balaban J connectivity index is 1.77. The fraction of sp³-hybridized carbons (Fsp3) is 0.217. The monoisotopic (exact) mass is 357 g/mol. The number of nitrogens with zero attached hydrogens (tertiary/aromatic N) is 3. The van der Waals surface area contributed by atoms with Gasteiger partial charge in [-0.1, -0.05) is 55.8 Å². The van der Waals surface area contributed by atoms with Crippen molar-refractivity contribution in [2.24, 2.45) is 0 Å². The van der Waals surface area contributed by atoms with E-state index in [1.165, 1.54) is 5.56 Å². The van der Waals surface area contributed by atoms with Crippen molar-refractivity contribution in [3.63, 3.8) is 0 Å². The summed E-state index contributed by atoms with van der Waals surface area (Å²) in [5.41, 5.74) is 2.65. The van der Waals surface area contributed by atoms with Crippen molar-refractivity contribution < 1.29 is 4.74 Å². The minimum Gasteiger partial charge on any atom is -0.494 e. The third-order valence-electron chi connectivity index (χ3n) is 4.23. The average Bonchev–Trinajstić information content (AvgIpc) is 3.16. The number of benzene rings is 2. The fourth-order valence-electron chi connectivity index (χ4n) is 2.77. The number of unbranched alkanes of at least 4 members (excludes halogenated alkanes) is 1. The summed E-state index contributed by atoms with van der Waals surface area (Å²) in [5.74, 6) is 1.52. The number of imidazole rings is 1. The van der Waals surface area contributed by atoms with Gasteiger partial charge in [-0.25, -0.2) is 4.98 Å². The molecule has 27 heavy (non-hydrogen) atoms. The van der Waals surface area contributed by atoms with Gasteiger partial charge in [-0.2, -0.15) is 5.26 Å². The lowest BCUT2D eigenvalue weighted by atomic mass is 10.1. The number of allylic oxidation sites excluding steroid dienone is 1. The summed E-state index contributed by atoms with van der Waals surface area (Å²) in [5, 5.41) is 9.65. The van der Waals surface area contributed by atoms with Gasteiger partial charge in [-0.3, -0.25) is 0 Å². The van der Waals surface area contributed by atoms with Crippen LogP contribution in [0.25, 0.3) is 11.6 Å². The van der Waals surface area contributed by atoms with E-state index in [-0.39, 0.29) is 0 Å². The van der Waals surface area contributed by atoms with E-state index < -0.39 is 0 Å². The highest BCUT2D eigenvalue weighted by atomic mass is 16.5. The minimum absolute atomic E-state index is 0.538. The van der Waals surface area contributed by atoms with E-state index in [9.17, 15) is 5.26 Å². The van der Waals surface area contributed by atoms with Crippen LogP contribution in [-0.4, -0.2) is 16.2 Å². The molecule has 0 saturated carbocycles. The van der Waals surface area contributed by atoms with Gasteiger partial charge in [-0.05, 0) is 35.8 Å². The van der Waals surface area contributed by atoms with Gasteiger partial charge >= 0.3 is 0 Å². The predicted molar refractivity (Wildman–Crippen MR) is 108 cm³/mol. The molecule has 1 aromatic heterocycles. The van der Waals surface area contributed by atoms with Crippen LogP contribution in [0.5, 0.6) is 5.75 Å². The first kappa shape index (κ1) is 18.5. The molecule has 4 heteroatoms. The van der Waals surface area contributed by atoms with E-state index >= 15 is 0 Å². The Kier molecular flexibility index (Phi) is 6.43. The number of nitriles is 1. The van der Waals surface area contributed by atoms with Crippen LogP contribution in [0.4, 0.5) is 0 Å². The maximum Gasteiger partial charge on any atom is 0.150 e. The van der Waals surface area contributed by atoms with E-state index in [4.69, 9.17) is 4.74 Å². The molecule has 2 aromatic carbocycles. The molecule has 0 N–H and O–H groups in total. The van der Waals surface area contributed by atoms with Crippen molar-refractivity contribution in [2.45, 2.75) is 26.3 Å². The molecule has 0 unspecified atom stereocenters. The van der Waals surface area contributed by atoms with E-state index in [0.29, 0.717) is 17.9 Å². The van der Waals surface area contributed by atoms with Gasteiger partial charge in [0.2, 0.25) is 0 Å². The SMILES string of the molecule is CCCCOc1ccc(C=C(C#N)c2nccn2Cc2ccccc2)cc1. The van der Waals surface area contributed by atoms with Crippen molar-refractivity contribution in [1.82, 2.24) is 9.55 Å². The van der Waals surface area contributed by atoms with E-state index in [1.807, 2.05) is 59.3 Å². The van der Waals surface area contributed by atoms with Crippen LogP contribution < -0.4 is 4.74 Å². The van der Waals surface area contributed by atoms with Gasteiger partial charge in [0.15, 0.2) is 5.82 Å². The minimum atomic E-state index is 0.538. The van der Waals surface area contributed by atoms with Gasteiger partial charge in [0, 0.05) is 18.9 Å². The maximum absolute atomic E-state index is 9.65. The van der Waals surface area contributed by atoms with Gasteiger partial charge in [0.1, 0.15) is 11.8 Å². The number of hydrogen-bond donors (Lipinski definition) is 0. The number of hydrogen-bond acceptors (Lipinski definition) is 3. The second kappa shape index (κ2) is 9.40. The Morgan fingerprint density at radius 1 is 1.15 bits per heavy atom. The van der Waals surface area contributed by atoms with Crippen LogP contribution in [0, 0.1) is 11.3 Å². The van der Waals surface area contributed by atoms with E-state index in [1.54, 1.807) is 6.20 Å². The lowest BCUT2D eigenvalue weighted by molar-refractivity contribution is 0.309. The molecule has 0 aliphatic carbocycles. The third kappa shape index (κ3) is 5.08. The standard InChI is InChI=1S/C23H23N3O/c1-2-3-15-27-22-11-9-19(10-12-22)16-21(17-24)23-25-13-14-26(23)18-20-7-5-4-6-8-20/h4-14,16H,2-3,15,18H2,1H3. The zero-order chi connectivity index (χ0) is 18.9. The molecule has 136 valence electrons. The smallest absolute Gasteiger partial charge is 0.150 e. The van der Waals surface area contributed by atoms with Gasteiger partial charge in [0.25, 0.3) is 0 Å². The average molecular weight is 357 g/mol. The van der Waals surface area contributed by atoms with Crippen molar-refractivity contribution in [1.29, 1.82) is 5.26 Å². The fourth-order valence-corrected chi connectivity index (χ4v) is 2.77. The van der Waals surface area contributed by atoms with Gasteiger partial charge in [-0.15, -0.1) is 0 Å². The normalized spacial score (nSPS) is 11.2. The Hall–Kier alpha value is -3.32. The largest absolute Gasteiger partial charge is 0.494 e. The Bertz CT molecular complexity index is 918.